The van der Waals surface area contributed by atoms with E-state index >= 15 is 0 Å². The van der Waals surface area contributed by atoms with Gasteiger partial charge in [0.15, 0.2) is 0 Å². The number of sulfonamides is 1. The Labute approximate surface area is 155 Å². The van der Waals surface area contributed by atoms with Crippen molar-refractivity contribution in [2.75, 3.05) is 13.2 Å². The molecule has 1 unspecified atom stereocenters. The van der Waals surface area contributed by atoms with Crippen LogP contribution in [0.3, 0.4) is 0 Å². The highest BCUT2D eigenvalue weighted by Crippen LogP contribution is 2.14. The Kier molecular flexibility index (Phi) is 6.43. The van der Waals surface area contributed by atoms with Gasteiger partial charge in [-0.15, -0.1) is 0 Å². The van der Waals surface area contributed by atoms with Gasteiger partial charge in [-0.3, -0.25) is 0 Å². The first-order chi connectivity index (χ1) is 12.5. The molecule has 2 aromatic rings. The molecule has 2 N–H and O–H groups in total. The Morgan fingerprint density at radius 3 is 2.54 bits per heavy atom. The number of aryl methyl sites for hydroxylation is 1. The Morgan fingerprint density at radius 1 is 1.08 bits per heavy atom. The van der Waals surface area contributed by atoms with Gasteiger partial charge in [-0.1, -0.05) is 36.4 Å². The van der Waals surface area contributed by atoms with E-state index in [1.165, 1.54) is 11.1 Å². The third kappa shape index (κ3) is 5.14. The normalized spacial score (nSPS) is 17.5. The summed E-state index contributed by atoms with van der Waals surface area (Å²) >= 11 is 0. The summed E-state index contributed by atoms with van der Waals surface area (Å²) in [7, 11) is -3.48. The molecule has 1 aliphatic heterocycles. The molecular weight excluding hydrogens is 348 g/mol. The van der Waals surface area contributed by atoms with Gasteiger partial charge in [0.2, 0.25) is 10.0 Å². The lowest BCUT2D eigenvalue weighted by atomic mass is 10.1. The first kappa shape index (κ1) is 19.0. The second-order valence-corrected chi connectivity index (χ2v) is 8.43. The molecule has 0 saturated carbocycles. The van der Waals surface area contributed by atoms with Crippen LogP contribution in [0.4, 0.5) is 0 Å². The van der Waals surface area contributed by atoms with Crippen molar-refractivity contribution in [3.05, 3.63) is 65.2 Å². The minimum absolute atomic E-state index is 0.00492. The van der Waals surface area contributed by atoms with Crippen molar-refractivity contribution < 1.29 is 13.2 Å². The summed E-state index contributed by atoms with van der Waals surface area (Å²) in [5, 5.41) is 3.40. The molecule has 1 aliphatic rings. The molecule has 5 nitrogen and oxygen atoms in total. The van der Waals surface area contributed by atoms with E-state index in [4.69, 9.17) is 4.74 Å². The van der Waals surface area contributed by atoms with Crippen LogP contribution in [0, 0.1) is 6.92 Å². The average molecular weight is 375 g/mol. The minimum atomic E-state index is -3.48. The van der Waals surface area contributed by atoms with E-state index in [1.807, 2.05) is 24.3 Å². The summed E-state index contributed by atoms with van der Waals surface area (Å²) in [6, 6.07) is 15.3. The van der Waals surface area contributed by atoms with Gasteiger partial charge in [0.05, 0.1) is 11.0 Å². The van der Waals surface area contributed by atoms with Crippen LogP contribution in [-0.2, 0) is 27.8 Å². The Morgan fingerprint density at radius 2 is 1.85 bits per heavy atom. The molecule has 1 atom stereocenters. The molecule has 1 heterocycles. The van der Waals surface area contributed by atoms with Gasteiger partial charge in [0.25, 0.3) is 0 Å². The molecule has 140 valence electrons. The highest BCUT2D eigenvalue weighted by atomic mass is 32.2. The molecule has 0 bridgehead atoms. The zero-order valence-corrected chi connectivity index (χ0v) is 15.9. The first-order valence-electron chi connectivity index (χ1n) is 9.00. The van der Waals surface area contributed by atoms with Crippen LogP contribution in [0.15, 0.2) is 53.4 Å². The summed E-state index contributed by atoms with van der Waals surface area (Å²) in [4.78, 5) is 0.290. The number of hydrogen-bond acceptors (Lipinski definition) is 4. The van der Waals surface area contributed by atoms with Crippen molar-refractivity contribution in [2.45, 2.75) is 43.9 Å². The minimum Gasteiger partial charge on any atom is -0.377 e. The van der Waals surface area contributed by atoms with Gasteiger partial charge >= 0.3 is 0 Å². The average Bonchev–Trinajstić information content (AvgIpc) is 3.16. The molecule has 0 radical (unpaired) electrons. The van der Waals surface area contributed by atoms with Crippen LogP contribution in [0.2, 0.25) is 0 Å². The Hall–Kier alpha value is -1.73. The maximum Gasteiger partial charge on any atom is 0.240 e. The fraction of sp³-hybridized carbons (Fsp3) is 0.400. The van der Waals surface area contributed by atoms with Gasteiger partial charge in [-0.05, 0) is 48.6 Å². The predicted octanol–water partition coefficient (Wildman–Crippen LogP) is 2.74. The lowest BCUT2D eigenvalue weighted by molar-refractivity contribution is 0.114. The largest absolute Gasteiger partial charge is 0.377 e. The van der Waals surface area contributed by atoms with Crippen LogP contribution in [0.25, 0.3) is 0 Å². The van der Waals surface area contributed by atoms with E-state index in [9.17, 15) is 8.42 Å². The van der Waals surface area contributed by atoms with Crippen molar-refractivity contribution in [2.24, 2.45) is 0 Å². The fourth-order valence-corrected chi connectivity index (χ4v) is 4.09. The van der Waals surface area contributed by atoms with E-state index in [1.54, 1.807) is 12.1 Å². The van der Waals surface area contributed by atoms with Gasteiger partial charge in [0, 0.05) is 26.2 Å². The number of ether oxygens (including phenoxy) is 1. The lowest BCUT2D eigenvalue weighted by Gasteiger charge is -2.12. The van der Waals surface area contributed by atoms with Crippen LogP contribution in [0.5, 0.6) is 0 Å². The van der Waals surface area contributed by atoms with Gasteiger partial charge in [-0.25, -0.2) is 13.1 Å². The summed E-state index contributed by atoms with van der Waals surface area (Å²) in [5.41, 5.74) is 3.58. The Bertz CT molecular complexity index is 813. The molecule has 3 rings (SSSR count). The zero-order valence-electron chi connectivity index (χ0n) is 15.1. The van der Waals surface area contributed by atoms with Crippen molar-refractivity contribution in [3.63, 3.8) is 0 Å². The second kappa shape index (κ2) is 8.77. The second-order valence-electron chi connectivity index (χ2n) is 6.66. The molecule has 0 aromatic heterocycles. The molecule has 1 saturated heterocycles. The topological polar surface area (TPSA) is 67.4 Å². The summed E-state index contributed by atoms with van der Waals surface area (Å²) in [6.45, 7) is 4.63. The van der Waals surface area contributed by atoms with Crippen LogP contribution < -0.4 is 10.0 Å². The molecule has 1 fully saturated rings. The molecule has 6 heteroatoms. The van der Waals surface area contributed by atoms with Crippen molar-refractivity contribution in [1.82, 2.24) is 10.0 Å². The van der Waals surface area contributed by atoms with E-state index in [0.717, 1.165) is 31.6 Å². The monoisotopic (exact) mass is 374 g/mol. The predicted molar refractivity (Wildman–Crippen MR) is 102 cm³/mol. The van der Waals surface area contributed by atoms with E-state index in [2.05, 4.69) is 29.1 Å². The third-order valence-electron chi connectivity index (χ3n) is 4.66. The molecular formula is C20H26N2O3S. The van der Waals surface area contributed by atoms with Crippen molar-refractivity contribution in [1.29, 1.82) is 0 Å². The molecule has 26 heavy (non-hydrogen) atoms. The van der Waals surface area contributed by atoms with Gasteiger partial charge in [0.1, 0.15) is 0 Å². The van der Waals surface area contributed by atoms with E-state index < -0.39 is 10.0 Å². The highest BCUT2D eigenvalue weighted by molar-refractivity contribution is 7.89. The van der Waals surface area contributed by atoms with E-state index in [-0.39, 0.29) is 11.0 Å². The SMILES string of the molecule is Cc1ccccc1CNCc1ccc(S(=O)(=O)NCC2CCCO2)cc1. The standard InChI is InChI=1S/C20H26N2O3S/c1-16-5-2-3-6-18(16)14-21-13-17-8-10-20(11-9-17)26(23,24)22-15-19-7-4-12-25-19/h2-3,5-6,8-11,19,21-22H,4,7,12-15H2,1H3. The van der Waals surface area contributed by atoms with Crippen LogP contribution in [0.1, 0.15) is 29.5 Å². The fourth-order valence-electron chi connectivity index (χ4n) is 3.03. The molecule has 0 aliphatic carbocycles. The molecule has 2 aromatic carbocycles. The summed E-state index contributed by atoms with van der Waals surface area (Å²) in [5.74, 6) is 0. The smallest absolute Gasteiger partial charge is 0.240 e. The molecule has 0 amide bonds. The number of hydrogen-bond donors (Lipinski definition) is 2. The summed E-state index contributed by atoms with van der Waals surface area (Å²) < 4.78 is 32.8. The van der Waals surface area contributed by atoms with Crippen LogP contribution >= 0.6 is 0 Å². The van der Waals surface area contributed by atoms with Gasteiger partial charge in [-0.2, -0.15) is 0 Å². The van der Waals surface area contributed by atoms with E-state index in [0.29, 0.717) is 13.1 Å². The first-order valence-corrected chi connectivity index (χ1v) is 10.5. The van der Waals surface area contributed by atoms with Crippen LogP contribution in [-0.4, -0.2) is 27.7 Å². The molecule has 0 spiro atoms. The lowest BCUT2D eigenvalue weighted by Crippen LogP contribution is -2.31. The quantitative estimate of drug-likeness (QED) is 0.746. The Balaban J connectivity index is 1.51. The van der Waals surface area contributed by atoms with Crippen molar-refractivity contribution in [3.8, 4) is 0 Å². The van der Waals surface area contributed by atoms with Gasteiger partial charge < -0.3 is 10.1 Å². The number of rotatable bonds is 8. The van der Waals surface area contributed by atoms with Crippen molar-refractivity contribution >= 4 is 10.0 Å². The summed E-state index contributed by atoms with van der Waals surface area (Å²) in [6.07, 6.45) is 1.90. The number of nitrogens with one attached hydrogen (secondary N) is 2. The maximum absolute atomic E-state index is 12.4. The number of benzene rings is 2. The highest BCUT2D eigenvalue weighted by Gasteiger charge is 2.20. The third-order valence-corrected chi connectivity index (χ3v) is 6.10. The maximum atomic E-state index is 12.4. The zero-order chi connectivity index (χ0) is 18.4.